The molecule has 1 aromatic heterocycles. The first-order chi connectivity index (χ1) is 9.81. The van der Waals surface area contributed by atoms with Crippen molar-refractivity contribution in [3.63, 3.8) is 0 Å². The average molecular weight is 301 g/mol. The number of aromatic nitrogens is 1. The fraction of sp³-hybridized carbons (Fsp3) is 0.0625. The van der Waals surface area contributed by atoms with Gasteiger partial charge in [0, 0.05) is 17.8 Å². The van der Waals surface area contributed by atoms with Crippen LogP contribution in [0.1, 0.15) is 5.56 Å². The van der Waals surface area contributed by atoms with Crippen molar-refractivity contribution in [3.05, 3.63) is 71.4 Å². The summed E-state index contributed by atoms with van der Waals surface area (Å²) in [5.41, 5.74) is 2.38. The molecule has 0 aliphatic heterocycles. The molecule has 2 nitrogen and oxygen atoms in total. The van der Waals surface area contributed by atoms with E-state index in [1.165, 1.54) is 16.0 Å². The van der Waals surface area contributed by atoms with Gasteiger partial charge in [0.1, 0.15) is 0 Å². The van der Waals surface area contributed by atoms with Crippen LogP contribution in [-0.2, 0) is 6.54 Å². The summed E-state index contributed by atoms with van der Waals surface area (Å²) in [4.78, 5) is 5.58. The monoisotopic (exact) mass is 300 g/mol. The third-order valence-corrected chi connectivity index (χ3v) is 4.18. The molecule has 0 aliphatic carbocycles. The lowest BCUT2D eigenvalue weighted by Gasteiger charge is -2.02. The second-order valence-corrected chi connectivity index (χ2v) is 5.84. The minimum Gasteiger partial charge on any atom is -0.357 e. The van der Waals surface area contributed by atoms with Gasteiger partial charge in [-0.2, -0.15) is 0 Å². The van der Waals surface area contributed by atoms with E-state index in [2.05, 4.69) is 22.4 Å². The van der Waals surface area contributed by atoms with Crippen LogP contribution in [0.3, 0.4) is 0 Å². The van der Waals surface area contributed by atoms with Crippen molar-refractivity contribution in [3.8, 4) is 10.4 Å². The van der Waals surface area contributed by atoms with Crippen LogP contribution in [0.25, 0.3) is 10.4 Å². The molecular weight excluding hydrogens is 288 g/mol. The Bertz CT molecular complexity index is 677. The Hall–Kier alpha value is -1.84. The molecule has 0 radical (unpaired) electrons. The Morgan fingerprint density at radius 1 is 1.00 bits per heavy atom. The van der Waals surface area contributed by atoms with Crippen LogP contribution in [0.2, 0.25) is 5.02 Å². The first kappa shape index (κ1) is 13.2. The number of benzene rings is 2. The van der Waals surface area contributed by atoms with E-state index in [0.29, 0.717) is 0 Å². The topological polar surface area (TPSA) is 24.9 Å². The molecule has 2 aromatic carbocycles. The van der Waals surface area contributed by atoms with Crippen molar-refractivity contribution in [1.82, 2.24) is 4.98 Å². The predicted molar refractivity (Wildman–Crippen MR) is 86.3 cm³/mol. The van der Waals surface area contributed by atoms with Gasteiger partial charge in [-0.3, -0.25) is 0 Å². The molecule has 0 fully saturated rings. The molecular formula is C16H13ClN2S. The van der Waals surface area contributed by atoms with Crippen LogP contribution in [0.5, 0.6) is 0 Å². The highest BCUT2D eigenvalue weighted by molar-refractivity contribution is 7.18. The van der Waals surface area contributed by atoms with E-state index in [4.69, 9.17) is 11.6 Å². The van der Waals surface area contributed by atoms with E-state index in [1.54, 1.807) is 11.3 Å². The van der Waals surface area contributed by atoms with Crippen molar-refractivity contribution in [2.24, 2.45) is 0 Å². The van der Waals surface area contributed by atoms with Gasteiger partial charge in [0.2, 0.25) is 0 Å². The summed E-state index contributed by atoms with van der Waals surface area (Å²) in [6, 6.07) is 18.1. The molecule has 0 amide bonds. The van der Waals surface area contributed by atoms with Gasteiger partial charge in [-0.05, 0) is 23.3 Å². The third kappa shape index (κ3) is 3.18. The summed E-state index contributed by atoms with van der Waals surface area (Å²) in [7, 11) is 0. The quantitative estimate of drug-likeness (QED) is 0.727. The SMILES string of the molecule is Clc1ccc(CNc2ncc(-c3ccccc3)s2)cc1. The number of nitrogens with zero attached hydrogens (tertiary/aromatic N) is 1. The molecule has 100 valence electrons. The molecule has 0 aliphatic rings. The highest BCUT2D eigenvalue weighted by Gasteiger charge is 2.03. The molecule has 20 heavy (non-hydrogen) atoms. The Balaban J connectivity index is 1.67. The first-order valence-electron chi connectivity index (χ1n) is 6.31. The minimum atomic E-state index is 0.749. The van der Waals surface area contributed by atoms with Gasteiger partial charge in [0.05, 0.1) is 4.88 Å². The lowest BCUT2D eigenvalue weighted by atomic mass is 10.2. The molecule has 1 N–H and O–H groups in total. The number of nitrogens with one attached hydrogen (secondary N) is 1. The fourth-order valence-electron chi connectivity index (χ4n) is 1.87. The Labute approximate surface area is 127 Å². The normalized spacial score (nSPS) is 10.4. The molecule has 3 aromatic rings. The lowest BCUT2D eigenvalue weighted by Crippen LogP contribution is -1.97. The molecule has 0 atom stereocenters. The standard InChI is InChI=1S/C16H13ClN2S/c17-14-8-6-12(7-9-14)10-18-16-19-11-15(20-16)13-4-2-1-3-5-13/h1-9,11H,10H2,(H,18,19). The number of thiazole rings is 1. The van der Waals surface area contributed by atoms with Gasteiger partial charge >= 0.3 is 0 Å². The Kier molecular flexibility index (Phi) is 4.00. The van der Waals surface area contributed by atoms with Crippen molar-refractivity contribution in [2.75, 3.05) is 5.32 Å². The minimum absolute atomic E-state index is 0.749. The highest BCUT2D eigenvalue weighted by atomic mass is 35.5. The van der Waals surface area contributed by atoms with Crippen LogP contribution in [0, 0.1) is 0 Å². The maximum atomic E-state index is 5.87. The number of anilines is 1. The van der Waals surface area contributed by atoms with Gasteiger partial charge in [-0.25, -0.2) is 4.98 Å². The van der Waals surface area contributed by atoms with Crippen LogP contribution in [-0.4, -0.2) is 4.98 Å². The Morgan fingerprint density at radius 3 is 2.50 bits per heavy atom. The van der Waals surface area contributed by atoms with Gasteiger partial charge < -0.3 is 5.32 Å². The van der Waals surface area contributed by atoms with E-state index >= 15 is 0 Å². The summed E-state index contributed by atoms with van der Waals surface area (Å²) in [5.74, 6) is 0. The summed E-state index contributed by atoms with van der Waals surface area (Å²) in [6.07, 6.45) is 1.91. The van der Waals surface area contributed by atoms with Gasteiger partial charge in [0.25, 0.3) is 0 Å². The highest BCUT2D eigenvalue weighted by Crippen LogP contribution is 2.28. The van der Waals surface area contributed by atoms with Crippen molar-refractivity contribution in [2.45, 2.75) is 6.54 Å². The third-order valence-electron chi connectivity index (χ3n) is 2.92. The van der Waals surface area contributed by atoms with Crippen LogP contribution in [0.15, 0.2) is 60.8 Å². The van der Waals surface area contributed by atoms with Gasteiger partial charge in [-0.1, -0.05) is 65.4 Å². The van der Waals surface area contributed by atoms with E-state index in [1.807, 2.05) is 48.7 Å². The van der Waals surface area contributed by atoms with E-state index in [9.17, 15) is 0 Å². The van der Waals surface area contributed by atoms with Crippen molar-refractivity contribution >= 4 is 28.1 Å². The van der Waals surface area contributed by atoms with Crippen LogP contribution in [0.4, 0.5) is 5.13 Å². The molecule has 0 unspecified atom stereocenters. The molecule has 1 heterocycles. The summed E-state index contributed by atoms with van der Waals surface area (Å²) < 4.78 is 0. The molecule has 4 heteroatoms. The molecule has 0 bridgehead atoms. The summed E-state index contributed by atoms with van der Waals surface area (Å²) >= 11 is 7.53. The van der Waals surface area contributed by atoms with Gasteiger partial charge in [0.15, 0.2) is 5.13 Å². The zero-order valence-electron chi connectivity index (χ0n) is 10.7. The number of rotatable bonds is 4. The zero-order chi connectivity index (χ0) is 13.8. The predicted octanol–water partition coefficient (Wildman–Crippen LogP) is 5.08. The van der Waals surface area contributed by atoms with Crippen molar-refractivity contribution in [1.29, 1.82) is 0 Å². The molecule has 0 saturated carbocycles. The number of hydrogen-bond donors (Lipinski definition) is 1. The smallest absolute Gasteiger partial charge is 0.183 e. The van der Waals surface area contributed by atoms with E-state index in [0.717, 1.165) is 16.7 Å². The molecule has 0 spiro atoms. The molecule has 3 rings (SSSR count). The summed E-state index contributed by atoms with van der Waals surface area (Å²) in [6.45, 7) is 0.749. The second kappa shape index (κ2) is 6.07. The van der Waals surface area contributed by atoms with E-state index < -0.39 is 0 Å². The van der Waals surface area contributed by atoms with Crippen molar-refractivity contribution < 1.29 is 0 Å². The fourth-order valence-corrected chi connectivity index (χ4v) is 2.82. The maximum Gasteiger partial charge on any atom is 0.183 e. The van der Waals surface area contributed by atoms with Gasteiger partial charge in [-0.15, -0.1) is 0 Å². The zero-order valence-corrected chi connectivity index (χ0v) is 12.3. The van der Waals surface area contributed by atoms with E-state index in [-0.39, 0.29) is 0 Å². The molecule has 0 saturated heterocycles. The summed E-state index contributed by atoms with van der Waals surface area (Å²) in [5, 5.41) is 5.02. The largest absolute Gasteiger partial charge is 0.357 e. The lowest BCUT2D eigenvalue weighted by molar-refractivity contribution is 1.13. The number of hydrogen-bond acceptors (Lipinski definition) is 3. The van der Waals surface area contributed by atoms with Crippen LogP contribution >= 0.6 is 22.9 Å². The second-order valence-electron chi connectivity index (χ2n) is 4.38. The number of halogens is 1. The Morgan fingerprint density at radius 2 is 1.75 bits per heavy atom. The first-order valence-corrected chi connectivity index (χ1v) is 7.50. The van der Waals surface area contributed by atoms with Crippen LogP contribution < -0.4 is 5.32 Å². The maximum absolute atomic E-state index is 5.87. The average Bonchev–Trinajstić information content (AvgIpc) is 2.97.